The lowest BCUT2D eigenvalue weighted by molar-refractivity contribution is -0.137. The maximum atomic E-state index is 12.5. The summed E-state index contributed by atoms with van der Waals surface area (Å²) in [6.07, 6.45) is -4.45. The molecule has 26 heavy (non-hydrogen) atoms. The molecule has 0 amide bonds. The van der Waals surface area contributed by atoms with Crippen molar-refractivity contribution in [3.8, 4) is 0 Å². The van der Waals surface area contributed by atoms with Gasteiger partial charge in [0.05, 0.1) is 22.6 Å². The summed E-state index contributed by atoms with van der Waals surface area (Å²) in [6.45, 7) is 1.69. The van der Waals surface area contributed by atoms with Gasteiger partial charge >= 0.3 is 12.1 Å². The second-order valence-corrected chi connectivity index (χ2v) is 7.03. The van der Waals surface area contributed by atoms with E-state index in [4.69, 9.17) is 4.74 Å². The quantitative estimate of drug-likeness (QED) is 0.772. The first-order chi connectivity index (χ1) is 12.1. The van der Waals surface area contributed by atoms with Crippen LogP contribution in [0.1, 0.15) is 28.4 Å². The standard InChI is InChI=1S/C17H16F3NO4S/c1-2-25-16(22)13-5-9-15(10-6-13)26(23,24)21-11-12-3-7-14(8-4-12)17(18,19)20/h3-10,21H,2,11H2,1H3. The molecule has 2 aromatic rings. The molecule has 0 aliphatic carbocycles. The molecule has 0 heterocycles. The van der Waals surface area contributed by atoms with Crippen LogP contribution in [0.3, 0.4) is 0 Å². The molecule has 0 unspecified atom stereocenters. The van der Waals surface area contributed by atoms with Gasteiger partial charge in [-0.3, -0.25) is 0 Å². The van der Waals surface area contributed by atoms with Gasteiger partial charge in [-0.15, -0.1) is 0 Å². The van der Waals surface area contributed by atoms with Crippen molar-refractivity contribution in [1.82, 2.24) is 4.72 Å². The highest BCUT2D eigenvalue weighted by Crippen LogP contribution is 2.29. The number of halogens is 3. The van der Waals surface area contributed by atoms with E-state index in [1.54, 1.807) is 6.92 Å². The Balaban J connectivity index is 2.05. The van der Waals surface area contributed by atoms with Crippen LogP contribution in [0.15, 0.2) is 53.4 Å². The average molecular weight is 387 g/mol. The minimum absolute atomic E-state index is 0.0718. The molecule has 2 aromatic carbocycles. The molecule has 0 fully saturated rings. The highest BCUT2D eigenvalue weighted by molar-refractivity contribution is 7.89. The van der Waals surface area contributed by atoms with Crippen molar-refractivity contribution in [3.63, 3.8) is 0 Å². The molecule has 0 aliphatic rings. The van der Waals surface area contributed by atoms with Crippen LogP contribution < -0.4 is 4.72 Å². The summed E-state index contributed by atoms with van der Waals surface area (Å²) >= 11 is 0. The van der Waals surface area contributed by atoms with Crippen LogP contribution in [-0.2, 0) is 27.5 Å². The van der Waals surface area contributed by atoms with E-state index >= 15 is 0 Å². The molecule has 0 aromatic heterocycles. The number of carbonyl (C=O) groups excluding carboxylic acids is 1. The topological polar surface area (TPSA) is 72.5 Å². The Bertz CT molecular complexity index is 860. The van der Waals surface area contributed by atoms with Gasteiger partial charge in [-0.1, -0.05) is 12.1 Å². The van der Waals surface area contributed by atoms with Crippen molar-refractivity contribution in [2.24, 2.45) is 0 Å². The fraction of sp³-hybridized carbons (Fsp3) is 0.235. The van der Waals surface area contributed by atoms with Crippen LogP contribution in [0.4, 0.5) is 13.2 Å². The molecule has 5 nitrogen and oxygen atoms in total. The van der Waals surface area contributed by atoms with Crippen LogP contribution >= 0.6 is 0 Å². The lowest BCUT2D eigenvalue weighted by Crippen LogP contribution is -2.23. The first kappa shape index (κ1) is 19.9. The fourth-order valence-corrected chi connectivity index (χ4v) is 3.08. The summed E-state index contributed by atoms with van der Waals surface area (Å²) in [7, 11) is -3.88. The smallest absolute Gasteiger partial charge is 0.416 e. The summed E-state index contributed by atoms with van der Waals surface area (Å²) in [5.41, 5.74) is -0.211. The molecule has 0 aliphatic heterocycles. The van der Waals surface area contributed by atoms with Gasteiger partial charge in [0.1, 0.15) is 0 Å². The van der Waals surface area contributed by atoms with E-state index in [0.29, 0.717) is 5.56 Å². The van der Waals surface area contributed by atoms with Crippen molar-refractivity contribution in [3.05, 3.63) is 65.2 Å². The number of alkyl halides is 3. The molecule has 0 spiro atoms. The minimum Gasteiger partial charge on any atom is -0.462 e. The zero-order chi connectivity index (χ0) is 19.4. The predicted octanol–water partition coefficient (Wildman–Crippen LogP) is 3.36. The van der Waals surface area contributed by atoms with Gasteiger partial charge in [0.15, 0.2) is 0 Å². The van der Waals surface area contributed by atoms with Gasteiger partial charge in [-0.05, 0) is 48.9 Å². The molecule has 0 bridgehead atoms. The number of esters is 1. The minimum atomic E-state index is -4.45. The Morgan fingerprint density at radius 3 is 2.12 bits per heavy atom. The maximum Gasteiger partial charge on any atom is 0.416 e. The largest absolute Gasteiger partial charge is 0.462 e. The zero-order valence-corrected chi connectivity index (χ0v) is 14.5. The summed E-state index contributed by atoms with van der Waals surface area (Å²) in [5, 5.41) is 0. The van der Waals surface area contributed by atoms with Gasteiger partial charge in [0.2, 0.25) is 10.0 Å². The third-order valence-corrected chi connectivity index (χ3v) is 4.84. The lowest BCUT2D eigenvalue weighted by Gasteiger charge is -2.09. The Kier molecular flexibility index (Phi) is 6.04. The van der Waals surface area contributed by atoms with E-state index in [1.807, 2.05) is 0 Å². The van der Waals surface area contributed by atoms with Crippen LogP contribution in [0.2, 0.25) is 0 Å². The van der Waals surface area contributed by atoms with Crippen LogP contribution in [0, 0.1) is 0 Å². The number of carbonyl (C=O) groups is 1. The summed E-state index contributed by atoms with van der Waals surface area (Å²) in [6, 6.07) is 9.33. The maximum absolute atomic E-state index is 12.5. The van der Waals surface area contributed by atoms with Crippen molar-refractivity contribution in [2.75, 3.05) is 6.61 Å². The highest BCUT2D eigenvalue weighted by Gasteiger charge is 2.29. The number of hydrogen-bond acceptors (Lipinski definition) is 4. The number of ether oxygens (including phenoxy) is 1. The van der Waals surface area contributed by atoms with E-state index in [1.165, 1.54) is 36.4 Å². The number of rotatable bonds is 6. The number of nitrogens with one attached hydrogen (secondary N) is 1. The van der Waals surface area contributed by atoms with Crippen molar-refractivity contribution in [1.29, 1.82) is 0 Å². The normalized spacial score (nSPS) is 12.0. The van der Waals surface area contributed by atoms with Crippen LogP contribution in [0.5, 0.6) is 0 Å². The van der Waals surface area contributed by atoms with Gasteiger partial charge < -0.3 is 4.74 Å². The molecular weight excluding hydrogens is 371 g/mol. The molecule has 0 atom stereocenters. The predicted molar refractivity (Wildman–Crippen MR) is 87.9 cm³/mol. The fourth-order valence-electron chi connectivity index (χ4n) is 2.06. The molecule has 2 rings (SSSR count). The zero-order valence-electron chi connectivity index (χ0n) is 13.7. The second-order valence-electron chi connectivity index (χ2n) is 5.26. The van der Waals surface area contributed by atoms with E-state index in [-0.39, 0.29) is 23.6 Å². The number of benzene rings is 2. The second kappa shape index (κ2) is 7.88. The van der Waals surface area contributed by atoms with Gasteiger partial charge in [-0.2, -0.15) is 13.2 Å². The third-order valence-electron chi connectivity index (χ3n) is 3.42. The van der Waals surface area contributed by atoms with Crippen molar-refractivity contribution < 1.29 is 31.1 Å². The monoisotopic (exact) mass is 387 g/mol. The van der Waals surface area contributed by atoms with E-state index in [0.717, 1.165) is 12.1 Å². The van der Waals surface area contributed by atoms with Crippen LogP contribution in [0.25, 0.3) is 0 Å². The molecule has 9 heteroatoms. The lowest BCUT2D eigenvalue weighted by atomic mass is 10.1. The first-order valence-electron chi connectivity index (χ1n) is 7.56. The Labute approximate surface area is 148 Å². The van der Waals surface area contributed by atoms with Crippen molar-refractivity contribution in [2.45, 2.75) is 24.5 Å². The Morgan fingerprint density at radius 1 is 1.04 bits per heavy atom. The van der Waals surface area contributed by atoms with Crippen LogP contribution in [-0.4, -0.2) is 21.0 Å². The number of sulfonamides is 1. The Morgan fingerprint density at radius 2 is 1.62 bits per heavy atom. The number of hydrogen-bond donors (Lipinski definition) is 1. The van der Waals surface area contributed by atoms with E-state index in [9.17, 15) is 26.4 Å². The molecule has 140 valence electrons. The molecule has 0 saturated heterocycles. The van der Waals surface area contributed by atoms with Gasteiger partial charge in [0.25, 0.3) is 0 Å². The highest BCUT2D eigenvalue weighted by atomic mass is 32.2. The summed E-state index contributed by atoms with van der Waals surface area (Å²) in [4.78, 5) is 11.5. The average Bonchev–Trinajstić information content (AvgIpc) is 2.60. The van der Waals surface area contributed by atoms with Gasteiger partial charge in [-0.25, -0.2) is 17.9 Å². The molecular formula is C17H16F3NO4S. The third kappa shape index (κ3) is 5.06. The van der Waals surface area contributed by atoms with E-state index in [2.05, 4.69) is 4.72 Å². The summed E-state index contributed by atoms with van der Waals surface area (Å²) < 4.78 is 69.1. The molecule has 1 N–H and O–H groups in total. The van der Waals surface area contributed by atoms with E-state index < -0.39 is 27.7 Å². The SMILES string of the molecule is CCOC(=O)c1ccc(S(=O)(=O)NCc2ccc(C(F)(F)F)cc2)cc1. The summed E-state index contributed by atoms with van der Waals surface area (Å²) in [5.74, 6) is -0.561. The molecule has 0 radical (unpaired) electrons. The first-order valence-corrected chi connectivity index (χ1v) is 9.05. The van der Waals surface area contributed by atoms with Gasteiger partial charge in [0, 0.05) is 6.54 Å². The Hall–Kier alpha value is -2.39. The molecule has 0 saturated carbocycles. The van der Waals surface area contributed by atoms with Crippen molar-refractivity contribution >= 4 is 16.0 Å².